The highest BCUT2D eigenvalue weighted by molar-refractivity contribution is 5.44. The summed E-state index contributed by atoms with van der Waals surface area (Å²) in [5, 5.41) is 0. The van der Waals surface area contributed by atoms with E-state index >= 15 is 0 Å². The van der Waals surface area contributed by atoms with Crippen molar-refractivity contribution in [3.05, 3.63) is 60.2 Å². The maximum atomic E-state index is 5.71. The summed E-state index contributed by atoms with van der Waals surface area (Å²) in [6.45, 7) is 3.64. The predicted molar refractivity (Wildman–Crippen MR) is 76.4 cm³/mol. The summed E-state index contributed by atoms with van der Waals surface area (Å²) in [5.41, 5.74) is 2.47. The molecule has 0 saturated carbocycles. The zero-order valence-electron chi connectivity index (χ0n) is 11.0. The molecule has 0 aliphatic heterocycles. The Kier molecular flexibility index (Phi) is 4.24. The number of benzene rings is 2. The largest absolute Gasteiger partial charge is 0.492 e. The second kappa shape index (κ2) is 6.10. The van der Waals surface area contributed by atoms with E-state index < -0.39 is 0 Å². The lowest BCUT2D eigenvalue weighted by atomic mass is 10.2. The third-order valence-electron chi connectivity index (χ3n) is 2.91. The standard InChI is InChI=1S/C16H19NO/c1-14-8-10-16(11-9-14)18-13-12-17(2)15-6-4-3-5-7-15/h3-11H,12-13H2,1-2H3. The molecule has 0 saturated heterocycles. The van der Waals surface area contributed by atoms with E-state index in [1.165, 1.54) is 11.3 Å². The number of para-hydroxylation sites is 1. The van der Waals surface area contributed by atoms with Crippen LogP contribution >= 0.6 is 0 Å². The Morgan fingerprint density at radius 3 is 2.28 bits per heavy atom. The summed E-state index contributed by atoms with van der Waals surface area (Å²) in [5.74, 6) is 0.932. The number of aryl methyl sites for hydroxylation is 1. The lowest BCUT2D eigenvalue weighted by Crippen LogP contribution is -2.23. The first-order chi connectivity index (χ1) is 8.75. The topological polar surface area (TPSA) is 12.5 Å². The summed E-state index contributed by atoms with van der Waals surface area (Å²) >= 11 is 0. The summed E-state index contributed by atoms with van der Waals surface area (Å²) in [6.07, 6.45) is 0. The molecule has 0 heterocycles. The van der Waals surface area contributed by atoms with Gasteiger partial charge < -0.3 is 9.64 Å². The van der Waals surface area contributed by atoms with Crippen LogP contribution in [0.3, 0.4) is 0 Å². The van der Waals surface area contributed by atoms with E-state index in [0.717, 1.165) is 12.3 Å². The third kappa shape index (κ3) is 3.52. The molecule has 0 bridgehead atoms. The van der Waals surface area contributed by atoms with E-state index in [1.807, 2.05) is 30.3 Å². The number of hydrogen-bond acceptors (Lipinski definition) is 2. The number of likely N-dealkylation sites (N-methyl/N-ethyl adjacent to an activating group) is 1. The van der Waals surface area contributed by atoms with Gasteiger partial charge >= 0.3 is 0 Å². The minimum absolute atomic E-state index is 0.689. The van der Waals surface area contributed by atoms with Gasteiger partial charge in [-0.25, -0.2) is 0 Å². The molecule has 0 N–H and O–H groups in total. The van der Waals surface area contributed by atoms with E-state index in [0.29, 0.717) is 6.61 Å². The summed E-state index contributed by atoms with van der Waals surface area (Å²) < 4.78 is 5.71. The highest BCUT2D eigenvalue weighted by Crippen LogP contribution is 2.13. The average molecular weight is 241 g/mol. The van der Waals surface area contributed by atoms with Crippen LogP contribution in [0.25, 0.3) is 0 Å². The lowest BCUT2D eigenvalue weighted by Gasteiger charge is -2.19. The van der Waals surface area contributed by atoms with Crippen LogP contribution in [0.2, 0.25) is 0 Å². The van der Waals surface area contributed by atoms with Crippen molar-refractivity contribution in [2.75, 3.05) is 25.1 Å². The van der Waals surface area contributed by atoms with Gasteiger partial charge in [-0.2, -0.15) is 0 Å². The van der Waals surface area contributed by atoms with Crippen LogP contribution < -0.4 is 9.64 Å². The van der Waals surface area contributed by atoms with Crippen molar-refractivity contribution in [1.82, 2.24) is 0 Å². The molecule has 2 rings (SSSR count). The molecular formula is C16H19NO. The fourth-order valence-electron chi connectivity index (χ4n) is 1.75. The van der Waals surface area contributed by atoms with Gasteiger partial charge in [0.1, 0.15) is 12.4 Å². The predicted octanol–water partition coefficient (Wildman–Crippen LogP) is 3.51. The minimum Gasteiger partial charge on any atom is -0.492 e. The molecule has 0 aliphatic carbocycles. The normalized spacial score (nSPS) is 10.1. The van der Waals surface area contributed by atoms with Gasteiger partial charge in [0.15, 0.2) is 0 Å². The van der Waals surface area contributed by atoms with Crippen LogP contribution in [0.15, 0.2) is 54.6 Å². The van der Waals surface area contributed by atoms with Gasteiger partial charge in [-0.3, -0.25) is 0 Å². The summed E-state index contributed by atoms with van der Waals surface area (Å²) in [4.78, 5) is 2.19. The van der Waals surface area contributed by atoms with Gasteiger partial charge in [0.05, 0.1) is 6.54 Å². The van der Waals surface area contributed by atoms with Crippen LogP contribution in [0, 0.1) is 6.92 Å². The quantitative estimate of drug-likeness (QED) is 0.794. The first kappa shape index (κ1) is 12.5. The Labute approximate surface area is 109 Å². The van der Waals surface area contributed by atoms with Crippen LogP contribution in [0.4, 0.5) is 5.69 Å². The first-order valence-corrected chi connectivity index (χ1v) is 6.21. The van der Waals surface area contributed by atoms with Gasteiger partial charge in [0.2, 0.25) is 0 Å². The molecule has 0 unspecified atom stereocenters. The molecule has 94 valence electrons. The molecule has 0 amide bonds. The Balaban J connectivity index is 1.80. The number of hydrogen-bond donors (Lipinski definition) is 0. The summed E-state index contributed by atoms with van der Waals surface area (Å²) in [6, 6.07) is 18.5. The zero-order valence-corrected chi connectivity index (χ0v) is 11.0. The van der Waals surface area contributed by atoms with E-state index in [9.17, 15) is 0 Å². The highest BCUT2D eigenvalue weighted by Gasteiger charge is 2.00. The van der Waals surface area contributed by atoms with Crippen LogP contribution in [-0.2, 0) is 0 Å². The smallest absolute Gasteiger partial charge is 0.119 e. The fourth-order valence-corrected chi connectivity index (χ4v) is 1.75. The summed E-state index contributed by atoms with van der Waals surface area (Å²) in [7, 11) is 2.08. The first-order valence-electron chi connectivity index (χ1n) is 6.21. The van der Waals surface area contributed by atoms with E-state index in [-0.39, 0.29) is 0 Å². The zero-order chi connectivity index (χ0) is 12.8. The van der Waals surface area contributed by atoms with Gasteiger partial charge in [-0.15, -0.1) is 0 Å². The van der Waals surface area contributed by atoms with E-state index in [2.05, 4.69) is 43.1 Å². The maximum absolute atomic E-state index is 5.71. The molecular weight excluding hydrogens is 222 g/mol. The van der Waals surface area contributed by atoms with E-state index in [1.54, 1.807) is 0 Å². The molecule has 0 spiro atoms. The second-order valence-electron chi connectivity index (χ2n) is 4.42. The number of ether oxygens (including phenoxy) is 1. The third-order valence-corrected chi connectivity index (χ3v) is 2.91. The molecule has 2 nitrogen and oxygen atoms in total. The molecule has 0 aromatic heterocycles. The number of anilines is 1. The van der Waals surface area contributed by atoms with Crippen molar-refractivity contribution >= 4 is 5.69 Å². The second-order valence-corrected chi connectivity index (χ2v) is 4.42. The SMILES string of the molecule is Cc1ccc(OCCN(C)c2ccccc2)cc1. The Hall–Kier alpha value is -1.96. The van der Waals surface area contributed by atoms with Crippen LogP contribution in [0.1, 0.15) is 5.56 Å². The molecule has 18 heavy (non-hydrogen) atoms. The van der Waals surface area contributed by atoms with Crippen molar-refractivity contribution < 1.29 is 4.74 Å². The molecule has 0 fully saturated rings. The van der Waals surface area contributed by atoms with E-state index in [4.69, 9.17) is 4.74 Å². The Bertz CT molecular complexity index is 464. The molecule has 2 aromatic carbocycles. The minimum atomic E-state index is 0.689. The van der Waals surface area contributed by atoms with Crippen molar-refractivity contribution in [2.24, 2.45) is 0 Å². The molecule has 0 atom stereocenters. The van der Waals surface area contributed by atoms with Crippen molar-refractivity contribution in [2.45, 2.75) is 6.92 Å². The van der Waals surface area contributed by atoms with Crippen molar-refractivity contribution in [1.29, 1.82) is 0 Å². The lowest BCUT2D eigenvalue weighted by molar-refractivity contribution is 0.326. The maximum Gasteiger partial charge on any atom is 0.119 e. The number of rotatable bonds is 5. The molecule has 2 heteroatoms. The van der Waals surface area contributed by atoms with Gasteiger partial charge in [-0.05, 0) is 31.2 Å². The van der Waals surface area contributed by atoms with Gasteiger partial charge in [0.25, 0.3) is 0 Å². The average Bonchev–Trinajstić information content (AvgIpc) is 2.42. The van der Waals surface area contributed by atoms with Crippen molar-refractivity contribution in [3.8, 4) is 5.75 Å². The molecule has 0 aliphatic rings. The molecule has 0 radical (unpaired) electrons. The van der Waals surface area contributed by atoms with Crippen molar-refractivity contribution in [3.63, 3.8) is 0 Å². The van der Waals surface area contributed by atoms with Gasteiger partial charge in [-0.1, -0.05) is 35.9 Å². The van der Waals surface area contributed by atoms with Crippen LogP contribution in [-0.4, -0.2) is 20.2 Å². The van der Waals surface area contributed by atoms with Gasteiger partial charge in [0, 0.05) is 12.7 Å². The molecule has 2 aromatic rings. The highest BCUT2D eigenvalue weighted by atomic mass is 16.5. The number of nitrogens with zero attached hydrogens (tertiary/aromatic N) is 1. The monoisotopic (exact) mass is 241 g/mol. The van der Waals surface area contributed by atoms with Crippen LogP contribution in [0.5, 0.6) is 5.75 Å². The Morgan fingerprint density at radius 1 is 0.944 bits per heavy atom. The Morgan fingerprint density at radius 2 is 1.61 bits per heavy atom. The fraction of sp³-hybridized carbons (Fsp3) is 0.250.